The van der Waals surface area contributed by atoms with E-state index in [1.165, 1.54) is 24.3 Å². The molecule has 118 valence electrons. The molecule has 1 heterocycles. The van der Waals surface area contributed by atoms with E-state index in [0.717, 1.165) is 0 Å². The van der Waals surface area contributed by atoms with Crippen molar-refractivity contribution in [3.05, 3.63) is 41.0 Å². The molecule has 1 aromatic heterocycles. The van der Waals surface area contributed by atoms with Gasteiger partial charge in [0.05, 0.1) is 17.3 Å². The van der Waals surface area contributed by atoms with E-state index in [4.69, 9.17) is 20.9 Å². The molecule has 22 heavy (non-hydrogen) atoms. The minimum absolute atomic E-state index is 0.0217. The first-order chi connectivity index (χ1) is 10.4. The summed E-state index contributed by atoms with van der Waals surface area (Å²) >= 11 is 5.72. The fraction of sp³-hybridized carbons (Fsp3) is 0.308. The van der Waals surface area contributed by atoms with Gasteiger partial charge in [0.2, 0.25) is 0 Å². The molecule has 0 N–H and O–H groups in total. The number of hydrogen-bond donors (Lipinski definition) is 0. The summed E-state index contributed by atoms with van der Waals surface area (Å²) in [6, 6.07) is 5.86. The van der Waals surface area contributed by atoms with Crippen LogP contribution in [0.15, 0.2) is 33.7 Å². The van der Waals surface area contributed by atoms with E-state index in [9.17, 15) is 13.2 Å². The summed E-state index contributed by atoms with van der Waals surface area (Å²) in [6.07, 6.45) is 0.0217. The predicted molar refractivity (Wildman–Crippen MR) is 77.5 cm³/mol. The highest BCUT2D eigenvalue weighted by molar-refractivity contribution is 7.91. The Morgan fingerprint density at radius 1 is 1.32 bits per heavy atom. The summed E-state index contributed by atoms with van der Waals surface area (Å²) in [5.41, 5.74) is 0. The molecule has 0 aliphatic carbocycles. The summed E-state index contributed by atoms with van der Waals surface area (Å²) in [4.78, 5) is 15.3. The van der Waals surface area contributed by atoms with Crippen LogP contribution < -0.4 is 0 Å². The van der Waals surface area contributed by atoms with Gasteiger partial charge in [-0.05, 0) is 31.2 Å². The van der Waals surface area contributed by atoms with E-state index in [0.29, 0.717) is 5.02 Å². The van der Waals surface area contributed by atoms with Crippen molar-refractivity contribution in [1.82, 2.24) is 10.1 Å². The summed E-state index contributed by atoms with van der Waals surface area (Å²) in [6.45, 7) is 1.83. The smallest absolute Gasteiger partial charge is 0.397 e. The van der Waals surface area contributed by atoms with Gasteiger partial charge in [0, 0.05) is 11.4 Å². The first-order valence-corrected chi connectivity index (χ1v) is 8.43. The predicted octanol–water partition coefficient (Wildman–Crippen LogP) is 1.92. The molecule has 0 spiro atoms. The second-order valence-corrected chi connectivity index (χ2v) is 6.80. The van der Waals surface area contributed by atoms with Gasteiger partial charge >= 0.3 is 11.9 Å². The van der Waals surface area contributed by atoms with Crippen molar-refractivity contribution in [1.29, 1.82) is 0 Å². The lowest BCUT2D eigenvalue weighted by Gasteiger charge is -2.02. The Morgan fingerprint density at radius 3 is 2.64 bits per heavy atom. The van der Waals surface area contributed by atoms with E-state index in [2.05, 4.69) is 10.1 Å². The van der Waals surface area contributed by atoms with Gasteiger partial charge in [-0.1, -0.05) is 16.8 Å². The number of ether oxygens (including phenoxy) is 1. The van der Waals surface area contributed by atoms with Crippen molar-refractivity contribution >= 4 is 27.4 Å². The van der Waals surface area contributed by atoms with Crippen molar-refractivity contribution in [3.8, 4) is 0 Å². The number of esters is 1. The second-order valence-electron chi connectivity index (χ2n) is 4.26. The van der Waals surface area contributed by atoms with Crippen LogP contribution in [0.3, 0.4) is 0 Å². The molecule has 0 saturated heterocycles. The average Bonchev–Trinajstić information content (AvgIpc) is 2.95. The van der Waals surface area contributed by atoms with Gasteiger partial charge in [0.15, 0.2) is 15.7 Å². The summed E-state index contributed by atoms with van der Waals surface area (Å²) < 4.78 is 33.7. The molecule has 0 aliphatic heterocycles. The first-order valence-electron chi connectivity index (χ1n) is 6.40. The molecular formula is C13H13ClN2O5S. The van der Waals surface area contributed by atoms with Gasteiger partial charge in [-0.15, -0.1) is 0 Å². The SMILES string of the molecule is CCOC(=O)c1nc(CCS(=O)(=O)c2ccc(Cl)cc2)no1. The Hall–Kier alpha value is -1.93. The topological polar surface area (TPSA) is 99.4 Å². The van der Waals surface area contributed by atoms with Gasteiger partial charge < -0.3 is 9.26 Å². The number of hydrogen-bond acceptors (Lipinski definition) is 7. The minimum atomic E-state index is -3.49. The zero-order valence-electron chi connectivity index (χ0n) is 11.7. The maximum atomic E-state index is 12.1. The summed E-state index contributed by atoms with van der Waals surface area (Å²) in [5, 5.41) is 4.01. The van der Waals surface area contributed by atoms with Crippen molar-refractivity contribution in [2.45, 2.75) is 18.2 Å². The van der Waals surface area contributed by atoms with E-state index in [1.54, 1.807) is 6.92 Å². The van der Waals surface area contributed by atoms with E-state index < -0.39 is 15.8 Å². The molecule has 9 heteroatoms. The molecule has 2 rings (SSSR count). The van der Waals surface area contributed by atoms with Gasteiger partial charge in [0.25, 0.3) is 0 Å². The standard InChI is InChI=1S/C13H13ClN2O5S/c1-2-20-13(17)12-15-11(16-21-12)7-8-22(18,19)10-5-3-9(14)4-6-10/h3-6H,2,7-8H2,1H3. The van der Waals surface area contributed by atoms with Crippen molar-refractivity contribution in [2.75, 3.05) is 12.4 Å². The third kappa shape index (κ3) is 4.05. The van der Waals surface area contributed by atoms with E-state index >= 15 is 0 Å². The van der Waals surface area contributed by atoms with Gasteiger partial charge in [-0.25, -0.2) is 13.2 Å². The monoisotopic (exact) mass is 344 g/mol. The van der Waals surface area contributed by atoms with Gasteiger partial charge in [0.1, 0.15) is 0 Å². The maximum Gasteiger partial charge on any atom is 0.397 e. The van der Waals surface area contributed by atoms with Crippen LogP contribution in [0.4, 0.5) is 0 Å². The summed E-state index contributed by atoms with van der Waals surface area (Å²) in [5.74, 6) is -1.11. The van der Waals surface area contributed by atoms with Gasteiger partial charge in [-0.3, -0.25) is 0 Å². The molecule has 7 nitrogen and oxygen atoms in total. The van der Waals surface area contributed by atoms with Crippen LogP contribution in [0.1, 0.15) is 23.4 Å². The second kappa shape index (κ2) is 6.89. The highest BCUT2D eigenvalue weighted by atomic mass is 35.5. The van der Waals surface area contributed by atoms with Crippen LogP contribution >= 0.6 is 11.6 Å². The molecule has 0 bridgehead atoms. The Labute approximate surface area is 132 Å². The summed E-state index contributed by atoms with van der Waals surface area (Å²) in [7, 11) is -3.49. The molecule has 0 fully saturated rings. The number of nitrogens with zero attached hydrogens (tertiary/aromatic N) is 2. The zero-order valence-corrected chi connectivity index (χ0v) is 13.2. The number of sulfone groups is 1. The Kier molecular flexibility index (Phi) is 5.15. The molecule has 0 aliphatic rings. The van der Waals surface area contributed by atoms with Crippen molar-refractivity contribution in [2.24, 2.45) is 0 Å². The normalized spacial score (nSPS) is 11.4. The lowest BCUT2D eigenvalue weighted by molar-refractivity contribution is 0.0470. The largest absolute Gasteiger partial charge is 0.459 e. The Balaban J connectivity index is 2.03. The lowest BCUT2D eigenvalue weighted by Crippen LogP contribution is -2.10. The number of carbonyl (C=O) groups excluding carboxylic acids is 1. The first kappa shape index (κ1) is 16.4. The van der Waals surface area contributed by atoms with E-state index in [1.807, 2.05) is 0 Å². The average molecular weight is 345 g/mol. The number of aryl methyl sites for hydroxylation is 1. The number of aromatic nitrogens is 2. The quantitative estimate of drug-likeness (QED) is 0.738. The third-order valence-corrected chi connectivity index (χ3v) is 4.67. The third-order valence-electron chi connectivity index (χ3n) is 2.69. The fourth-order valence-electron chi connectivity index (χ4n) is 1.62. The highest BCUT2D eigenvalue weighted by Gasteiger charge is 2.19. The molecule has 2 aromatic rings. The molecule has 0 atom stereocenters. The zero-order chi connectivity index (χ0) is 16.2. The number of rotatable bonds is 6. The van der Waals surface area contributed by atoms with Crippen LogP contribution in [0, 0.1) is 0 Å². The Bertz CT molecular complexity index is 755. The number of benzene rings is 1. The van der Waals surface area contributed by atoms with Crippen LogP contribution in [-0.4, -0.2) is 36.9 Å². The Morgan fingerprint density at radius 2 is 2.00 bits per heavy atom. The molecule has 1 aromatic carbocycles. The van der Waals surface area contributed by atoms with Crippen LogP contribution in [0.25, 0.3) is 0 Å². The molecular weight excluding hydrogens is 332 g/mol. The number of halogens is 1. The number of carbonyl (C=O) groups is 1. The molecule has 0 amide bonds. The van der Waals surface area contributed by atoms with Crippen molar-refractivity contribution < 1.29 is 22.5 Å². The van der Waals surface area contributed by atoms with Crippen molar-refractivity contribution in [3.63, 3.8) is 0 Å². The van der Waals surface area contributed by atoms with Crippen LogP contribution in [0.2, 0.25) is 5.02 Å². The highest BCUT2D eigenvalue weighted by Crippen LogP contribution is 2.16. The molecule has 0 radical (unpaired) electrons. The van der Waals surface area contributed by atoms with Crippen LogP contribution in [-0.2, 0) is 21.0 Å². The van der Waals surface area contributed by atoms with E-state index in [-0.39, 0.29) is 35.4 Å². The fourth-order valence-corrected chi connectivity index (χ4v) is 2.98. The van der Waals surface area contributed by atoms with Gasteiger partial charge in [-0.2, -0.15) is 4.98 Å². The maximum absolute atomic E-state index is 12.1. The molecule has 0 saturated carbocycles. The molecule has 0 unspecified atom stereocenters. The lowest BCUT2D eigenvalue weighted by atomic mass is 10.4. The minimum Gasteiger partial charge on any atom is -0.459 e. The van der Waals surface area contributed by atoms with Crippen LogP contribution in [0.5, 0.6) is 0 Å².